The maximum atomic E-state index is 11.6. The maximum absolute atomic E-state index is 11.6. The van der Waals surface area contributed by atoms with Gasteiger partial charge in [-0.25, -0.2) is 4.79 Å². The van der Waals surface area contributed by atoms with Gasteiger partial charge in [-0.15, -0.1) is 0 Å². The van der Waals surface area contributed by atoms with Crippen LogP contribution in [-0.2, 0) is 11.3 Å². The van der Waals surface area contributed by atoms with Crippen molar-refractivity contribution in [3.8, 4) is 5.75 Å². The molecule has 4 N–H and O–H groups in total. The zero-order valence-electron chi connectivity index (χ0n) is 11.7. The summed E-state index contributed by atoms with van der Waals surface area (Å²) in [6, 6.07) is 4.88. The van der Waals surface area contributed by atoms with E-state index in [2.05, 4.69) is 5.32 Å². The largest absolute Gasteiger partial charge is 0.480 e. The minimum atomic E-state index is -0.905. The molecule has 6 nitrogen and oxygen atoms in total. The molecule has 0 heterocycles. The van der Waals surface area contributed by atoms with Gasteiger partial charge >= 0.3 is 6.03 Å². The molecule has 114 valence electrons. The lowest BCUT2D eigenvalue weighted by molar-refractivity contribution is -0.126. The van der Waals surface area contributed by atoms with Crippen LogP contribution in [0.15, 0.2) is 18.2 Å². The maximum Gasteiger partial charge on any atom is 0.318 e. The topological polar surface area (TPSA) is 93.4 Å². The standard InChI is InChI=1S/C14H18ClN3O3/c1-8(13(19)18-14(16)20)21-12-4-2-3-11(15)10(12)7-17-9-5-6-9/h2-4,8-9,17H,5-7H2,1H3,(H3,16,18,19,20). The van der Waals surface area contributed by atoms with Crippen molar-refractivity contribution in [2.45, 2.75) is 38.5 Å². The number of ether oxygens (including phenoxy) is 1. The van der Waals surface area contributed by atoms with E-state index in [4.69, 9.17) is 22.1 Å². The van der Waals surface area contributed by atoms with Crippen LogP contribution in [0.3, 0.4) is 0 Å². The van der Waals surface area contributed by atoms with Crippen molar-refractivity contribution in [2.75, 3.05) is 0 Å². The van der Waals surface area contributed by atoms with Crippen LogP contribution >= 0.6 is 11.6 Å². The summed E-state index contributed by atoms with van der Waals surface area (Å²) in [5.74, 6) is -0.0775. The third-order valence-corrected chi connectivity index (χ3v) is 3.49. The number of hydrogen-bond acceptors (Lipinski definition) is 4. The second-order valence-electron chi connectivity index (χ2n) is 4.99. The Bertz CT molecular complexity index is 546. The highest BCUT2D eigenvalue weighted by Crippen LogP contribution is 2.28. The molecule has 3 amide bonds. The third kappa shape index (κ3) is 4.61. The molecule has 1 aromatic carbocycles. The van der Waals surface area contributed by atoms with Crippen molar-refractivity contribution in [3.05, 3.63) is 28.8 Å². The Morgan fingerprint density at radius 1 is 1.48 bits per heavy atom. The van der Waals surface area contributed by atoms with E-state index in [1.165, 1.54) is 6.92 Å². The minimum absolute atomic E-state index is 0.516. The van der Waals surface area contributed by atoms with E-state index in [-0.39, 0.29) is 0 Å². The number of nitrogens with one attached hydrogen (secondary N) is 2. The van der Waals surface area contributed by atoms with E-state index in [1.807, 2.05) is 5.32 Å². The molecule has 1 aliphatic carbocycles. The number of halogens is 1. The van der Waals surface area contributed by atoms with Crippen LogP contribution in [0.4, 0.5) is 4.79 Å². The average molecular weight is 312 g/mol. The molecule has 1 atom stereocenters. The molecule has 1 saturated carbocycles. The molecule has 7 heteroatoms. The first kappa shape index (κ1) is 15.6. The number of hydrogen-bond donors (Lipinski definition) is 3. The Morgan fingerprint density at radius 3 is 2.81 bits per heavy atom. The summed E-state index contributed by atoms with van der Waals surface area (Å²) < 4.78 is 5.60. The van der Waals surface area contributed by atoms with Gasteiger partial charge in [0.2, 0.25) is 0 Å². The number of carbonyl (C=O) groups is 2. The van der Waals surface area contributed by atoms with Gasteiger partial charge in [0.05, 0.1) is 0 Å². The highest BCUT2D eigenvalue weighted by molar-refractivity contribution is 6.31. The van der Waals surface area contributed by atoms with Crippen LogP contribution in [0.25, 0.3) is 0 Å². The van der Waals surface area contributed by atoms with Crippen molar-refractivity contribution in [2.24, 2.45) is 5.73 Å². The van der Waals surface area contributed by atoms with Gasteiger partial charge in [0.25, 0.3) is 5.91 Å². The van der Waals surface area contributed by atoms with Crippen molar-refractivity contribution in [3.63, 3.8) is 0 Å². The molecule has 1 unspecified atom stereocenters. The molecular weight excluding hydrogens is 294 g/mol. The van der Waals surface area contributed by atoms with Crippen molar-refractivity contribution < 1.29 is 14.3 Å². The fraction of sp³-hybridized carbons (Fsp3) is 0.429. The SMILES string of the molecule is CC(Oc1cccc(Cl)c1CNC1CC1)C(=O)NC(N)=O. The second-order valence-corrected chi connectivity index (χ2v) is 5.39. The lowest BCUT2D eigenvalue weighted by atomic mass is 10.2. The van der Waals surface area contributed by atoms with Crippen LogP contribution in [0, 0.1) is 0 Å². The molecular formula is C14H18ClN3O3. The summed E-state index contributed by atoms with van der Waals surface area (Å²) in [6.45, 7) is 2.11. The molecule has 0 bridgehead atoms. The molecule has 1 aromatic rings. The van der Waals surface area contributed by atoms with Crippen molar-refractivity contribution in [1.29, 1.82) is 0 Å². The monoisotopic (exact) mass is 311 g/mol. The van der Waals surface area contributed by atoms with Gasteiger partial charge in [-0.3, -0.25) is 10.1 Å². The average Bonchev–Trinajstić information content (AvgIpc) is 3.21. The predicted octanol–water partition coefficient (Wildman–Crippen LogP) is 1.55. The van der Waals surface area contributed by atoms with Crippen molar-refractivity contribution >= 4 is 23.5 Å². The first-order valence-electron chi connectivity index (χ1n) is 6.75. The molecule has 0 saturated heterocycles. The molecule has 21 heavy (non-hydrogen) atoms. The Balaban J connectivity index is 2.05. The molecule has 0 aromatic heterocycles. The summed E-state index contributed by atoms with van der Waals surface area (Å²) >= 11 is 6.19. The predicted molar refractivity (Wildman–Crippen MR) is 79.1 cm³/mol. The lowest BCUT2D eigenvalue weighted by Crippen LogP contribution is -2.42. The van der Waals surface area contributed by atoms with E-state index in [0.717, 1.165) is 18.4 Å². The molecule has 0 radical (unpaired) electrons. The summed E-state index contributed by atoms with van der Waals surface area (Å²) in [6.07, 6.45) is 1.48. The number of carbonyl (C=O) groups excluding carboxylic acids is 2. The number of imide groups is 1. The smallest absolute Gasteiger partial charge is 0.318 e. The number of rotatable bonds is 6. The van der Waals surface area contributed by atoms with Gasteiger partial charge in [-0.05, 0) is 31.9 Å². The van der Waals surface area contributed by atoms with Crippen LogP contribution in [0.2, 0.25) is 5.02 Å². The Kier molecular flexibility index (Phi) is 5.03. The quantitative estimate of drug-likeness (QED) is 0.743. The number of amides is 3. The fourth-order valence-electron chi connectivity index (χ4n) is 1.82. The summed E-state index contributed by atoms with van der Waals surface area (Å²) in [5.41, 5.74) is 5.71. The zero-order valence-corrected chi connectivity index (χ0v) is 12.4. The second kappa shape index (κ2) is 6.78. The van der Waals surface area contributed by atoms with Gasteiger partial charge in [0.1, 0.15) is 5.75 Å². The molecule has 2 rings (SSSR count). The van der Waals surface area contributed by atoms with Gasteiger partial charge in [0, 0.05) is 23.2 Å². The van der Waals surface area contributed by atoms with E-state index < -0.39 is 18.0 Å². The van der Waals surface area contributed by atoms with Gasteiger partial charge in [-0.2, -0.15) is 0 Å². The first-order chi connectivity index (χ1) is 9.97. The Hall–Kier alpha value is -1.79. The van der Waals surface area contributed by atoms with Crippen molar-refractivity contribution in [1.82, 2.24) is 10.6 Å². The van der Waals surface area contributed by atoms with E-state index in [0.29, 0.717) is 23.4 Å². The molecule has 1 aliphatic rings. The first-order valence-corrected chi connectivity index (χ1v) is 7.13. The van der Waals surface area contributed by atoms with E-state index in [9.17, 15) is 9.59 Å². The van der Waals surface area contributed by atoms with Gasteiger partial charge in [0.15, 0.2) is 6.10 Å². The fourth-order valence-corrected chi connectivity index (χ4v) is 2.05. The highest BCUT2D eigenvalue weighted by atomic mass is 35.5. The summed E-state index contributed by atoms with van der Waals surface area (Å²) in [5, 5.41) is 5.91. The lowest BCUT2D eigenvalue weighted by Gasteiger charge is -2.17. The van der Waals surface area contributed by atoms with E-state index >= 15 is 0 Å². The van der Waals surface area contributed by atoms with Crippen LogP contribution in [-0.4, -0.2) is 24.1 Å². The van der Waals surface area contributed by atoms with Crippen LogP contribution in [0.5, 0.6) is 5.75 Å². The van der Waals surface area contributed by atoms with E-state index in [1.54, 1.807) is 18.2 Å². The highest BCUT2D eigenvalue weighted by Gasteiger charge is 2.22. The number of primary amides is 1. The summed E-state index contributed by atoms with van der Waals surface area (Å²) in [7, 11) is 0. The number of nitrogens with two attached hydrogens (primary N) is 1. The minimum Gasteiger partial charge on any atom is -0.480 e. The molecule has 0 aliphatic heterocycles. The summed E-state index contributed by atoms with van der Waals surface area (Å²) in [4.78, 5) is 22.3. The zero-order chi connectivity index (χ0) is 15.4. The number of benzene rings is 1. The van der Waals surface area contributed by atoms with Crippen LogP contribution in [0.1, 0.15) is 25.3 Å². The van der Waals surface area contributed by atoms with Gasteiger partial charge in [-0.1, -0.05) is 17.7 Å². The Morgan fingerprint density at radius 2 is 2.19 bits per heavy atom. The van der Waals surface area contributed by atoms with Gasteiger partial charge < -0.3 is 15.8 Å². The van der Waals surface area contributed by atoms with Crippen LogP contribution < -0.4 is 21.1 Å². The molecule has 0 spiro atoms. The number of urea groups is 1. The normalized spacial score (nSPS) is 15.3. The molecule has 1 fully saturated rings. The third-order valence-electron chi connectivity index (χ3n) is 3.14. The Labute approximate surface area is 128 Å².